The highest BCUT2D eigenvalue weighted by molar-refractivity contribution is 6.09. The molecule has 2 aromatic rings. The van der Waals surface area contributed by atoms with Gasteiger partial charge in [0.2, 0.25) is 0 Å². The standard InChI is InChI=1S/C21H24N2O2/c1-15-9-11-17(12-10-15)20(24)22-19-8-4-3-7-18(19)21(25)23-13-5-6-16(2)14-23/h3-4,7-12,16H,5-6,13-14H2,1-2H3,(H,22,24)/t16-/m0/s1. The largest absolute Gasteiger partial charge is 0.338 e. The number of benzene rings is 2. The first-order chi connectivity index (χ1) is 12.0. The second-order valence-electron chi connectivity index (χ2n) is 6.86. The number of nitrogens with zero attached hydrogens (tertiary/aromatic N) is 1. The zero-order chi connectivity index (χ0) is 17.8. The van der Waals surface area contributed by atoms with Crippen molar-refractivity contribution < 1.29 is 9.59 Å². The summed E-state index contributed by atoms with van der Waals surface area (Å²) in [6, 6.07) is 14.6. The zero-order valence-corrected chi connectivity index (χ0v) is 14.8. The number of piperidine rings is 1. The highest BCUT2D eigenvalue weighted by atomic mass is 16.2. The number of aryl methyl sites for hydroxylation is 1. The number of anilines is 1. The van der Waals surface area contributed by atoms with Gasteiger partial charge in [0.1, 0.15) is 0 Å². The summed E-state index contributed by atoms with van der Waals surface area (Å²) in [4.78, 5) is 27.3. The van der Waals surface area contributed by atoms with E-state index in [0.29, 0.717) is 22.7 Å². The number of hydrogen-bond acceptors (Lipinski definition) is 2. The van der Waals surface area contributed by atoms with Gasteiger partial charge < -0.3 is 10.2 Å². The predicted molar refractivity (Wildman–Crippen MR) is 99.9 cm³/mol. The van der Waals surface area contributed by atoms with Gasteiger partial charge in [-0.25, -0.2) is 0 Å². The van der Waals surface area contributed by atoms with Crippen molar-refractivity contribution in [1.29, 1.82) is 0 Å². The third-order valence-electron chi connectivity index (χ3n) is 4.66. The molecule has 1 atom stereocenters. The van der Waals surface area contributed by atoms with Crippen LogP contribution in [0, 0.1) is 12.8 Å². The SMILES string of the molecule is Cc1ccc(C(=O)Nc2ccccc2C(=O)N2CCC[C@H](C)C2)cc1. The number of hydrogen-bond donors (Lipinski definition) is 1. The molecule has 4 heteroatoms. The van der Waals surface area contributed by atoms with E-state index in [1.807, 2.05) is 36.1 Å². The topological polar surface area (TPSA) is 49.4 Å². The van der Waals surface area contributed by atoms with E-state index in [9.17, 15) is 9.59 Å². The average Bonchev–Trinajstić information content (AvgIpc) is 2.62. The Hall–Kier alpha value is -2.62. The first-order valence-corrected chi connectivity index (χ1v) is 8.81. The Morgan fingerprint density at radius 3 is 2.52 bits per heavy atom. The van der Waals surface area contributed by atoms with Crippen molar-refractivity contribution in [1.82, 2.24) is 4.90 Å². The molecule has 1 aliphatic heterocycles. The summed E-state index contributed by atoms with van der Waals surface area (Å²) in [5, 5.41) is 2.89. The fourth-order valence-corrected chi connectivity index (χ4v) is 3.22. The van der Waals surface area contributed by atoms with Crippen LogP contribution in [-0.4, -0.2) is 29.8 Å². The Balaban J connectivity index is 1.79. The van der Waals surface area contributed by atoms with E-state index in [0.717, 1.165) is 31.5 Å². The van der Waals surface area contributed by atoms with E-state index in [1.54, 1.807) is 24.3 Å². The van der Waals surface area contributed by atoms with Crippen LogP contribution in [0.1, 0.15) is 46.0 Å². The van der Waals surface area contributed by atoms with Crippen molar-refractivity contribution >= 4 is 17.5 Å². The molecule has 1 N–H and O–H groups in total. The van der Waals surface area contributed by atoms with Gasteiger partial charge in [0.05, 0.1) is 11.3 Å². The molecule has 0 aliphatic carbocycles. The summed E-state index contributed by atoms with van der Waals surface area (Å²) in [6.45, 7) is 5.71. The maximum Gasteiger partial charge on any atom is 0.255 e. The fourth-order valence-electron chi connectivity index (χ4n) is 3.22. The monoisotopic (exact) mass is 336 g/mol. The molecule has 0 bridgehead atoms. The van der Waals surface area contributed by atoms with E-state index in [1.165, 1.54) is 0 Å². The van der Waals surface area contributed by atoms with Crippen molar-refractivity contribution in [3.63, 3.8) is 0 Å². The van der Waals surface area contributed by atoms with Crippen molar-refractivity contribution in [2.75, 3.05) is 18.4 Å². The molecule has 0 radical (unpaired) electrons. The van der Waals surface area contributed by atoms with E-state index >= 15 is 0 Å². The van der Waals surface area contributed by atoms with E-state index in [-0.39, 0.29) is 11.8 Å². The van der Waals surface area contributed by atoms with Crippen LogP contribution in [0.25, 0.3) is 0 Å². The smallest absolute Gasteiger partial charge is 0.255 e. The molecule has 130 valence electrons. The lowest BCUT2D eigenvalue weighted by atomic mass is 9.99. The lowest BCUT2D eigenvalue weighted by Crippen LogP contribution is -2.39. The number of rotatable bonds is 3. The first kappa shape index (κ1) is 17.2. The highest BCUT2D eigenvalue weighted by Gasteiger charge is 2.24. The Morgan fingerprint density at radius 2 is 1.80 bits per heavy atom. The van der Waals surface area contributed by atoms with Gasteiger partial charge in [-0.1, -0.05) is 36.8 Å². The van der Waals surface area contributed by atoms with Gasteiger partial charge in [-0.05, 0) is 49.9 Å². The number of nitrogens with one attached hydrogen (secondary N) is 1. The maximum atomic E-state index is 12.9. The van der Waals surface area contributed by atoms with Gasteiger partial charge in [0.25, 0.3) is 11.8 Å². The molecular weight excluding hydrogens is 312 g/mol. The molecular formula is C21H24N2O2. The minimum absolute atomic E-state index is 0.00800. The van der Waals surface area contributed by atoms with Crippen LogP contribution in [0.2, 0.25) is 0 Å². The molecule has 2 amide bonds. The number of amides is 2. The van der Waals surface area contributed by atoms with Crippen molar-refractivity contribution in [3.05, 3.63) is 65.2 Å². The Kier molecular flexibility index (Phi) is 5.17. The molecule has 1 aliphatic rings. The van der Waals surface area contributed by atoms with Gasteiger partial charge in [0.15, 0.2) is 0 Å². The van der Waals surface area contributed by atoms with E-state index < -0.39 is 0 Å². The third kappa shape index (κ3) is 4.08. The lowest BCUT2D eigenvalue weighted by Gasteiger charge is -2.31. The second-order valence-corrected chi connectivity index (χ2v) is 6.86. The average molecular weight is 336 g/mol. The molecule has 2 aromatic carbocycles. The molecule has 0 spiro atoms. The molecule has 1 fully saturated rings. The molecule has 0 saturated carbocycles. The summed E-state index contributed by atoms with van der Waals surface area (Å²) in [6.07, 6.45) is 2.19. The normalized spacial score (nSPS) is 17.2. The Labute approximate surface area is 148 Å². The summed E-state index contributed by atoms with van der Waals surface area (Å²) < 4.78 is 0. The Morgan fingerprint density at radius 1 is 1.08 bits per heavy atom. The molecule has 3 rings (SSSR count). The minimum atomic E-state index is -0.202. The highest BCUT2D eigenvalue weighted by Crippen LogP contribution is 2.22. The van der Waals surface area contributed by atoms with Crippen LogP contribution >= 0.6 is 0 Å². The van der Waals surface area contributed by atoms with Crippen LogP contribution in [0.4, 0.5) is 5.69 Å². The number of carbonyl (C=O) groups excluding carboxylic acids is 2. The summed E-state index contributed by atoms with van der Waals surface area (Å²) in [5.41, 5.74) is 2.80. The molecule has 25 heavy (non-hydrogen) atoms. The van der Waals surface area contributed by atoms with Gasteiger partial charge in [0, 0.05) is 18.7 Å². The van der Waals surface area contributed by atoms with Gasteiger partial charge >= 0.3 is 0 Å². The van der Waals surface area contributed by atoms with E-state index in [2.05, 4.69) is 12.2 Å². The maximum absolute atomic E-state index is 12.9. The molecule has 0 unspecified atom stereocenters. The number of likely N-dealkylation sites (tertiary alicyclic amines) is 1. The van der Waals surface area contributed by atoms with Crippen molar-refractivity contribution in [3.8, 4) is 0 Å². The fraction of sp³-hybridized carbons (Fsp3) is 0.333. The summed E-state index contributed by atoms with van der Waals surface area (Å²) in [7, 11) is 0. The van der Waals surface area contributed by atoms with Gasteiger partial charge in [-0.15, -0.1) is 0 Å². The second kappa shape index (κ2) is 7.51. The molecule has 1 saturated heterocycles. The van der Waals surface area contributed by atoms with Crippen LogP contribution in [-0.2, 0) is 0 Å². The lowest BCUT2D eigenvalue weighted by molar-refractivity contribution is 0.0684. The molecule has 0 aromatic heterocycles. The molecule has 4 nitrogen and oxygen atoms in total. The number of para-hydroxylation sites is 1. The number of carbonyl (C=O) groups is 2. The zero-order valence-electron chi connectivity index (χ0n) is 14.8. The van der Waals surface area contributed by atoms with Crippen LogP contribution in [0.3, 0.4) is 0 Å². The van der Waals surface area contributed by atoms with Gasteiger partial charge in [-0.3, -0.25) is 9.59 Å². The minimum Gasteiger partial charge on any atom is -0.338 e. The van der Waals surface area contributed by atoms with Crippen molar-refractivity contribution in [2.45, 2.75) is 26.7 Å². The first-order valence-electron chi connectivity index (χ1n) is 8.81. The van der Waals surface area contributed by atoms with Crippen molar-refractivity contribution in [2.24, 2.45) is 5.92 Å². The third-order valence-corrected chi connectivity index (χ3v) is 4.66. The van der Waals surface area contributed by atoms with E-state index in [4.69, 9.17) is 0 Å². The summed E-state index contributed by atoms with van der Waals surface area (Å²) >= 11 is 0. The predicted octanol–water partition coefficient (Wildman–Crippen LogP) is 4.12. The van der Waals surface area contributed by atoms with Crippen LogP contribution < -0.4 is 5.32 Å². The van der Waals surface area contributed by atoms with Crippen LogP contribution in [0.15, 0.2) is 48.5 Å². The van der Waals surface area contributed by atoms with Gasteiger partial charge in [-0.2, -0.15) is 0 Å². The Bertz CT molecular complexity index is 768. The van der Waals surface area contributed by atoms with Crippen LogP contribution in [0.5, 0.6) is 0 Å². The molecule has 1 heterocycles. The quantitative estimate of drug-likeness (QED) is 0.916. The summed E-state index contributed by atoms with van der Waals surface area (Å²) in [5.74, 6) is 0.311.